The number of piperazine rings is 1. The predicted molar refractivity (Wildman–Crippen MR) is 73.4 cm³/mol. The van der Waals surface area contributed by atoms with Gasteiger partial charge in [0.2, 0.25) is 0 Å². The summed E-state index contributed by atoms with van der Waals surface area (Å²) in [6, 6.07) is 1.13. The second-order valence-corrected chi connectivity index (χ2v) is 6.08. The molecular weight excluding hydrogens is 212 g/mol. The van der Waals surface area contributed by atoms with Gasteiger partial charge in [-0.3, -0.25) is 4.90 Å². The Kier molecular flexibility index (Phi) is 5.42. The average molecular weight is 242 g/mol. The zero-order valence-corrected chi connectivity index (χ0v) is 12.4. The molecule has 1 aliphatic rings. The highest BCUT2D eigenvalue weighted by atomic mass is 16.5. The maximum absolute atomic E-state index is 5.32. The Labute approximate surface area is 107 Å². The van der Waals surface area contributed by atoms with Crippen molar-refractivity contribution in [2.45, 2.75) is 58.7 Å². The number of methoxy groups -OCH3 is 1. The van der Waals surface area contributed by atoms with Gasteiger partial charge < -0.3 is 10.1 Å². The molecule has 0 spiro atoms. The fraction of sp³-hybridized carbons (Fsp3) is 1.00. The number of nitrogens with zero attached hydrogens (tertiary/aromatic N) is 1. The van der Waals surface area contributed by atoms with Crippen LogP contribution >= 0.6 is 0 Å². The second-order valence-electron chi connectivity index (χ2n) is 6.08. The normalized spacial score (nSPS) is 33.0. The summed E-state index contributed by atoms with van der Waals surface area (Å²) in [4.78, 5) is 2.63. The topological polar surface area (TPSA) is 24.5 Å². The molecule has 0 bridgehead atoms. The number of hydrogen-bond acceptors (Lipinski definition) is 3. The van der Waals surface area contributed by atoms with Crippen molar-refractivity contribution in [2.75, 3.05) is 26.8 Å². The highest BCUT2D eigenvalue weighted by molar-refractivity contribution is 4.96. The fourth-order valence-corrected chi connectivity index (χ4v) is 2.72. The monoisotopic (exact) mass is 242 g/mol. The van der Waals surface area contributed by atoms with Crippen LogP contribution in [-0.2, 0) is 4.74 Å². The molecule has 1 aliphatic heterocycles. The van der Waals surface area contributed by atoms with Gasteiger partial charge in [-0.15, -0.1) is 0 Å². The molecule has 1 fully saturated rings. The number of ether oxygens (including phenoxy) is 1. The van der Waals surface area contributed by atoms with E-state index in [0.29, 0.717) is 18.0 Å². The van der Waals surface area contributed by atoms with Crippen LogP contribution in [0.15, 0.2) is 0 Å². The molecule has 0 aromatic carbocycles. The van der Waals surface area contributed by atoms with Crippen LogP contribution in [0.1, 0.15) is 41.0 Å². The third-order valence-electron chi connectivity index (χ3n) is 4.22. The molecule has 0 amide bonds. The van der Waals surface area contributed by atoms with Gasteiger partial charge in [0, 0.05) is 37.8 Å². The van der Waals surface area contributed by atoms with Crippen LogP contribution in [0.5, 0.6) is 0 Å². The first kappa shape index (κ1) is 14.9. The van der Waals surface area contributed by atoms with E-state index in [2.05, 4.69) is 44.8 Å². The minimum Gasteiger partial charge on any atom is -0.383 e. The Hall–Kier alpha value is -0.120. The number of nitrogens with one attached hydrogen (secondary N) is 1. The summed E-state index contributed by atoms with van der Waals surface area (Å²) in [5, 5.41) is 3.72. The van der Waals surface area contributed by atoms with Gasteiger partial charge >= 0.3 is 0 Å². The van der Waals surface area contributed by atoms with Crippen molar-refractivity contribution in [1.82, 2.24) is 10.2 Å². The van der Waals surface area contributed by atoms with E-state index in [1.54, 1.807) is 7.11 Å². The third kappa shape index (κ3) is 3.67. The zero-order valence-electron chi connectivity index (χ0n) is 12.4. The van der Waals surface area contributed by atoms with Crippen molar-refractivity contribution < 1.29 is 4.74 Å². The molecule has 0 radical (unpaired) electrons. The van der Waals surface area contributed by atoms with Gasteiger partial charge in [-0.1, -0.05) is 20.8 Å². The SMILES string of the molecule is CCC1(C)CN(C(C)COC)C(C(C)C)CN1. The lowest BCUT2D eigenvalue weighted by Gasteiger charge is -2.49. The minimum atomic E-state index is 0.257. The average Bonchev–Trinajstić information content (AvgIpc) is 2.29. The maximum atomic E-state index is 5.32. The van der Waals surface area contributed by atoms with Gasteiger partial charge in [-0.05, 0) is 26.2 Å². The molecule has 3 heteroatoms. The number of hydrogen-bond donors (Lipinski definition) is 1. The molecule has 1 heterocycles. The molecule has 1 rings (SSSR count). The van der Waals surface area contributed by atoms with E-state index >= 15 is 0 Å². The highest BCUT2D eigenvalue weighted by Crippen LogP contribution is 2.24. The molecule has 1 N–H and O–H groups in total. The van der Waals surface area contributed by atoms with E-state index in [9.17, 15) is 0 Å². The molecule has 0 aliphatic carbocycles. The van der Waals surface area contributed by atoms with E-state index in [0.717, 1.165) is 19.7 Å². The van der Waals surface area contributed by atoms with E-state index in [1.165, 1.54) is 6.42 Å². The fourth-order valence-electron chi connectivity index (χ4n) is 2.72. The summed E-state index contributed by atoms with van der Waals surface area (Å²) in [6.45, 7) is 14.5. The lowest BCUT2D eigenvalue weighted by Crippen LogP contribution is -2.66. The Balaban J connectivity index is 2.75. The van der Waals surface area contributed by atoms with Crippen LogP contribution in [0.3, 0.4) is 0 Å². The summed E-state index contributed by atoms with van der Waals surface area (Å²) in [5.41, 5.74) is 0.257. The van der Waals surface area contributed by atoms with Gasteiger partial charge in [0.25, 0.3) is 0 Å². The first-order valence-corrected chi connectivity index (χ1v) is 6.93. The molecular formula is C14H30N2O. The van der Waals surface area contributed by atoms with Gasteiger partial charge in [0.1, 0.15) is 0 Å². The lowest BCUT2D eigenvalue weighted by atomic mass is 9.89. The summed E-state index contributed by atoms with van der Waals surface area (Å²) >= 11 is 0. The van der Waals surface area contributed by atoms with Crippen LogP contribution in [-0.4, -0.2) is 49.3 Å². The molecule has 0 aromatic rings. The summed E-state index contributed by atoms with van der Waals surface area (Å²) in [7, 11) is 1.79. The Morgan fingerprint density at radius 1 is 1.41 bits per heavy atom. The van der Waals surface area contributed by atoms with Gasteiger partial charge in [0.05, 0.1) is 6.61 Å². The van der Waals surface area contributed by atoms with Crippen molar-refractivity contribution in [3.63, 3.8) is 0 Å². The Morgan fingerprint density at radius 3 is 2.53 bits per heavy atom. The minimum absolute atomic E-state index is 0.257. The van der Waals surface area contributed by atoms with E-state index in [4.69, 9.17) is 4.74 Å². The molecule has 3 unspecified atom stereocenters. The summed E-state index contributed by atoms with van der Waals surface area (Å²) < 4.78 is 5.32. The van der Waals surface area contributed by atoms with Crippen LogP contribution in [0, 0.1) is 5.92 Å². The first-order valence-electron chi connectivity index (χ1n) is 6.93. The molecule has 0 aromatic heterocycles. The predicted octanol–water partition coefficient (Wildman–Crippen LogP) is 2.12. The largest absolute Gasteiger partial charge is 0.383 e. The van der Waals surface area contributed by atoms with Gasteiger partial charge in [-0.2, -0.15) is 0 Å². The van der Waals surface area contributed by atoms with Crippen LogP contribution in [0.4, 0.5) is 0 Å². The Morgan fingerprint density at radius 2 is 2.06 bits per heavy atom. The standard InChI is InChI=1S/C14H30N2O/c1-7-14(5)10-16(12(4)9-17-6)13(8-15-14)11(2)3/h11-13,15H,7-10H2,1-6H3. The lowest BCUT2D eigenvalue weighted by molar-refractivity contribution is 0.00197. The second kappa shape index (κ2) is 6.17. The summed E-state index contributed by atoms with van der Waals surface area (Å²) in [5.74, 6) is 0.684. The van der Waals surface area contributed by atoms with Crippen LogP contribution in [0.25, 0.3) is 0 Å². The number of rotatable bonds is 5. The molecule has 102 valence electrons. The van der Waals surface area contributed by atoms with Crippen molar-refractivity contribution >= 4 is 0 Å². The first-order chi connectivity index (χ1) is 7.93. The van der Waals surface area contributed by atoms with Gasteiger partial charge in [0.15, 0.2) is 0 Å². The van der Waals surface area contributed by atoms with E-state index in [1.807, 2.05) is 0 Å². The zero-order chi connectivity index (χ0) is 13.1. The smallest absolute Gasteiger partial charge is 0.0615 e. The molecule has 3 atom stereocenters. The molecule has 17 heavy (non-hydrogen) atoms. The maximum Gasteiger partial charge on any atom is 0.0615 e. The molecule has 1 saturated heterocycles. The van der Waals surface area contributed by atoms with Crippen molar-refractivity contribution in [3.8, 4) is 0 Å². The molecule has 0 saturated carbocycles. The van der Waals surface area contributed by atoms with Crippen LogP contribution < -0.4 is 5.32 Å². The van der Waals surface area contributed by atoms with Crippen molar-refractivity contribution in [3.05, 3.63) is 0 Å². The Bertz CT molecular complexity index is 232. The third-order valence-corrected chi connectivity index (χ3v) is 4.22. The molecule has 3 nitrogen and oxygen atoms in total. The van der Waals surface area contributed by atoms with Gasteiger partial charge in [-0.25, -0.2) is 0 Å². The van der Waals surface area contributed by atoms with E-state index in [-0.39, 0.29) is 5.54 Å². The van der Waals surface area contributed by atoms with Crippen molar-refractivity contribution in [1.29, 1.82) is 0 Å². The van der Waals surface area contributed by atoms with Crippen LogP contribution in [0.2, 0.25) is 0 Å². The van der Waals surface area contributed by atoms with E-state index < -0.39 is 0 Å². The highest BCUT2D eigenvalue weighted by Gasteiger charge is 2.37. The quantitative estimate of drug-likeness (QED) is 0.799. The van der Waals surface area contributed by atoms with Crippen molar-refractivity contribution in [2.24, 2.45) is 5.92 Å². The summed E-state index contributed by atoms with van der Waals surface area (Å²) in [6.07, 6.45) is 1.17.